The Bertz CT molecular complexity index is 682. The molecular weight excluding hydrogens is 435 g/mol. The van der Waals surface area contributed by atoms with Crippen molar-refractivity contribution in [2.75, 3.05) is 31.6 Å². The van der Waals surface area contributed by atoms with E-state index >= 15 is 0 Å². The molecule has 1 aromatic heterocycles. The fourth-order valence-corrected chi connectivity index (χ4v) is 4.15. The standard InChI is InChI=1S/C17H24N4OS.HI/c1-18-16(21-11-17(22)7-9-23-12-17)19-8-6-13-10-20-15-5-3-2-4-14(13)15;/h2-5,10,20,22H,6-9,11-12H2,1H3,(H2,18,19,21);1H. The maximum atomic E-state index is 10.4. The number of H-pyrrole nitrogens is 1. The van der Waals surface area contributed by atoms with Crippen LogP contribution in [-0.2, 0) is 6.42 Å². The molecule has 0 saturated carbocycles. The number of nitrogens with zero attached hydrogens (tertiary/aromatic N) is 1. The zero-order valence-electron chi connectivity index (χ0n) is 13.8. The second kappa shape index (κ2) is 8.96. The third-order valence-electron chi connectivity index (χ3n) is 4.25. The van der Waals surface area contributed by atoms with Crippen LogP contribution in [0.5, 0.6) is 0 Å². The van der Waals surface area contributed by atoms with Crippen LogP contribution in [0.1, 0.15) is 12.0 Å². The second-order valence-electron chi connectivity index (χ2n) is 5.99. The summed E-state index contributed by atoms with van der Waals surface area (Å²) < 4.78 is 0. The van der Waals surface area contributed by atoms with Crippen molar-refractivity contribution in [3.05, 3.63) is 36.0 Å². The lowest BCUT2D eigenvalue weighted by Crippen LogP contribution is -2.47. The highest BCUT2D eigenvalue weighted by Crippen LogP contribution is 2.26. The third kappa shape index (κ3) is 4.80. The summed E-state index contributed by atoms with van der Waals surface area (Å²) in [5, 5.41) is 18.2. The van der Waals surface area contributed by atoms with Crippen molar-refractivity contribution in [2.24, 2.45) is 4.99 Å². The van der Waals surface area contributed by atoms with Gasteiger partial charge in [-0.15, -0.1) is 24.0 Å². The monoisotopic (exact) mass is 460 g/mol. The Morgan fingerprint density at radius 3 is 2.96 bits per heavy atom. The molecule has 1 aromatic carbocycles. The highest BCUT2D eigenvalue weighted by Gasteiger charge is 2.31. The molecule has 1 aliphatic rings. The van der Waals surface area contributed by atoms with Gasteiger partial charge in [0.25, 0.3) is 0 Å². The van der Waals surface area contributed by atoms with E-state index in [1.165, 1.54) is 16.5 Å². The van der Waals surface area contributed by atoms with E-state index in [1.807, 2.05) is 6.07 Å². The van der Waals surface area contributed by atoms with Gasteiger partial charge in [0.2, 0.25) is 0 Å². The van der Waals surface area contributed by atoms with Gasteiger partial charge in [-0.1, -0.05) is 18.2 Å². The molecule has 2 heterocycles. The summed E-state index contributed by atoms with van der Waals surface area (Å²) in [5.74, 6) is 2.58. The molecule has 0 aliphatic carbocycles. The third-order valence-corrected chi connectivity index (χ3v) is 5.49. The van der Waals surface area contributed by atoms with E-state index in [0.29, 0.717) is 6.54 Å². The number of hydrogen-bond acceptors (Lipinski definition) is 3. The molecular formula is C17H25IN4OS. The normalized spacial score (nSPS) is 20.8. The Morgan fingerprint density at radius 2 is 2.21 bits per heavy atom. The summed E-state index contributed by atoms with van der Waals surface area (Å²) in [6, 6.07) is 8.33. The minimum Gasteiger partial charge on any atom is -0.387 e. The second-order valence-corrected chi connectivity index (χ2v) is 7.09. The Kier molecular flexibility index (Phi) is 7.24. The van der Waals surface area contributed by atoms with E-state index in [0.717, 1.165) is 36.9 Å². The molecule has 0 amide bonds. The van der Waals surface area contributed by atoms with Crippen molar-refractivity contribution < 1.29 is 5.11 Å². The lowest BCUT2D eigenvalue weighted by atomic mass is 10.0. The van der Waals surface area contributed by atoms with Crippen LogP contribution < -0.4 is 10.6 Å². The van der Waals surface area contributed by atoms with Gasteiger partial charge in [-0.2, -0.15) is 11.8 Å². The lowest BCUT2D eigenvalue weighted by molar-refractivity contribution is 0.0724. The molecule has 7 heteroatoms. The zero-order valence-corrected chi connectivity index (χ0v) is 17.0. The summed E-state index contributed by atoms with van der Waals surface area (Å²) in [6.45, 7) is 1.35. The molecule has 4 N–H and O–H groups in total. The number of thioether (sulfide) groups is 1. The van der Waals surface area contributed by atoms with E-state index in [1.54, 1.807) is 18.8 Å². The van der Waals surface area contributed by atoms with Gasteiger partial charge in [-0.25, -0.2) is 0 Å². The number of rotatable bonds is 5. The molecule has 1 fully saturated rings. The van der Waals surface area contributed by atoms with Crippen LogP contribution in [0.15, 0.2) is 35.5 Å². The number of hydrogen-bond donors (Lipinski definition) is 4. The van der Waals surface area contributed by atoms with Gasteiger partial charge in [0.05, 0.1) is 5.60 Å². The molecule has 3 rings (SSSR count). The number of aromatic nitrogens is 1. The Labute approximate surface area is 164 Å². The van der Waals surface area contributed by atoms with Gasteiger partial charge in [0.1, 0.15) is 0 Å². The maximum Gasteiger partial charge on any atom is 0.191 e. The van der Waals surface area contributed by atoms with Crippen LogP contribution in [0.3, 0.4) is 0 Å². The molecule has 2 aromatic rings. The summed E-state index contributed by atoms with van der Waals surface area (Å²) >= 11 is 1.80. The van der Waals surface area contributed by atoms with Crippen LogP contribution >= 0.6 is 35.7 Å². The van der Waals surface area contributed by atoms with E-state index in [4.69, 9.17) is 0 Å². The molecule has 1 saturated heterocycles. The van der Waals surface area contributed by atoms with Gasteiger partial charge in [-0.3, -0.25) is 4.99 Å². The first-order valence-corrected chi connectivity index (χ1v) is 9.15. The van der Waals surface area contributed by atoms with Gasteiger partial charge in [-0.05, 0) is 30.2 Å². The number of para-hydroxylation sites is 1. The number of aromatic amines is 1. The van der Waals surface area contributed by atoms with Crippen molar-refractivity contribution in [1.82, 2.24) is 15.6 Å². The molecule has 5 nitrogen and oxygen atoms in total. The smallest absolute Gasteiger partial charge is 0.191 e. The molecule has 1 unspecified atom stereocenters. The molecule has 0 bridgehead atoms. The average Bonchev–Trinajstić information content (AvgIpc) is 3.18. The summed E-state index contributed by atoms with van der Waals surface area (Å²) in [5.41, 5.74) is 1.87. The molecule has 24 heavy (non-hydrogen) atoms. The van der Waals surface area contributed by atoms with Crippen molar-refractivity contribution in [3.63, 3.8) is 0 Å². The van der Waals surface area contributed by atoms with E-state index in [2.05, 4.69) is 45.0 Å². The highest BCUT2D eigenvalue weighted by atomic mass is 127. The van der Waals surface area contributed by atoms with Crippen LogP contribution in [0.4, 0.5) is 0 Å². The topological polar surface area (TPSA) is 72.4 Å². The van der Waals surface area contributed by atoms with E-state index in [9.17, 15) is 5.11 Å². The van der Waals surface area contributed by atoms with Crippen LogP contribution in [0.25, 0.3) is 10.9 Å². The summed E-state index contributed by atoms with van der Waals surface area (Å²) in [4.78, 5) is 7.53. The highest BCUT2D eigenvalue weighted by molar-refractivity contribution is 14.0. The number of guanidine groups is 1. The number of nitrogens with one attached hydrogen (secondary N) is 3. The first-order chi connectivity index (χ1) is 11.2. The fraction of sp³-hybridized carbons (Fsp3) is 0.471. The number of aliphatic hydroxyl groups is 1. The SMILES string of the molecule is CN=C(NCCc1c[nH]c2ccccc12)NCC1(O)CCSC1.I. The van der Waals surface area contributed by atoms with Crippen molar-refractivity contribution in [1.29, 1.82) is 0 Å². The lowest BCUT2D eigenvalue weighted by Gasteiger charge is -2.23. The quantitative estimate of drug-likeness (QED) is 0.314. The number of benzene rings is 1. The maximum absolute atomic E-state index is 10.4. The number of fused-ring (bicyclic) bond motifs is 1. The van der Waals surface area contributed by atoms with Gasteiger partial charge in [0, 0.05) is 43.0 Å². The molecule has 0 spiro atoms. The largest absolute Gasteiger partial charge is 0.387 e. The van der Waals surface area contributed by atoms with Crippen LogP contribution in [-0.4, -0.2) is 53.3 Å². The molecule has 1 atom stereocenters. The first kappa shape index (κ1) is 19.4. The van der Waals surface area contributed by atoms with Crippen molar-refractivity contribution in [3.8, 4) is 0 Å². The van der Waals surface area contributed by atoms with E-state index in [-0.39, 0.29) is 24.0 Å². The Balaban J connectivity index is 0.00000208. The minimum absolute atomic E-state index is 0. The Morgan fingerprint density at radius 1 is 1.38 bits per heavy atom. The number of halogens is 1. The van der Waals surface area contributed by atoms with Gasteiger partial charge in [0.15, 0.2) is 5.96 Å². The molecule has 1 aliphatic heterocycles. The number of aliphatic imine (C=N–C) groups is 1. The molecule has 132 valence electrons. The zero-order chi connectivity index (χ0) is 16.1. The van der Waals surface area contributed by atoms with Crippen LogP contribution in [0, 0.1) is 0 Å². The summed E-state index contributed by atoms with van der Waals surface area (Å²) in [6.07, 6.45) is 3.84. The molecule has 0 radical (unpaired) electrons. The van der Waals surface area contributed by atoms with Gasteiger partial charge < -0.3 is 20.7 Å². The minimum atomic E-state index is -0.598. The van der Waals surface area contributed by atoms with Crippen molar-refractivity contribution >= 4 is 52.6 Å². The first-order valence-electron chi connectivity index (χ1n) is 8.00. The van der Waals surface area contributed by atoms with Crippen molar-refractivity contribution in [2.45, 2.75) is 18.4 Å². The average molecular weight is 460 g/mol. The predicted octanol–water partition coefficient (Wildman–Crippen LogP) is 2.36. The summed E-state index contributed by atoms with van der Waals surface area (Å²) in [7, 11) is 1.76. The Hall–Kier alpha value is -0.930. The predicted molar refractivity (Wildman–Crippen MR) is 114 cm³/mol. The van der Waals surface area contributed by atoms with Crippen LogP contribution in [0.2, 0.25) is 0 Å². The van der Waals surface area contributed by atoms with E-state index < -0.39 is 5.60 Å². The van der Waals surface area contributed by atoms with Gasteiger partial charge >= 0.3 is 0 Å². The fourth-order valence-electron chi connectivity index (χ4n) is 2.86.